The molecule has 1 saturated heterocycles. The van der Waals surface area contributed by atoms with Crippen LogP contribution in [0, 0.1) is 0 Å². The molecule has 2 aromatic rings. The number of pyridine rings is 1. The van der Waals surface area contributed by atoms with Crippen molar-refractivity contribution in [2.75, 3.05) is 36.5 Å². The fourth-order valence-electron chi connectivity index (χ4n) is 2.55. The molecule has 1 N–H and O–H groups in total. The zero-order chi connectivity index (χ0) is 17.9. The van der Waals surface area contributed by atoms with Gasteiger partial charge in [-0.15, -0.1) is 0 Å². The van der Waals surface area contributed by atoms with Crippen LogP contribution < -0.4 is 10.2 Å². The number of aromatic nitrogens is 1. The minimum absolute atomic E-state index is 0.0500. The standard InChI is InChI=1S/C17H16F3N3O2/c18-17(19,20)13-3-1-2-4-14(13)22-16(24)15-6-5-12(11-21-15)23-7-9-25-10-8-23/h1-6,11H,7-10H2,(H,22,24). The van der Waals surface area contributed by atoms with Crippen molar-refractivity contribution in [2.45, 2.75) is 6.18 Å². The summed E-state index contributed by atoms with van der Waals surface area (Å²) in [5, 5.41) is 2.28. The molecule has 1 amide bonds. The molecule has 132 valence electrons. The number of amides is 1. The lowest BCUT2D eigenvalue weighted by Gasteiger charge is -2.28. The molecule has 0 unspecified atom stereocenters. The second-order valence-corrected chi connectivity index (χ2v) is 5.50. The van der Waals surface area contributed by atoms with Gasteiger partial charge in [0.1, 0.15) is 5.69 Å². The van der Waals surface area contributed by atoms with E-state index in [0.29, 0.717) is 13.2 Å². The van der Waals surface area contributed by atoms with Gasteiger partial charge in [-0.3, -0.25) is 4.79 Å². The molecule has 8 heteroatoms. The molecule has 0 atom stereocenters. The summed E-state index contributed by atoms with van der Waals surface area (Å²) in [5.41, 5.74) is -0.295. The number of benzene rings is 1. The first-order valence-electron chi connectivity index (χ1n) is 7.71. The summed E-state index contributed by atoms with van der Waals surface area (Å²) in [5.74, 6) is -0.690. The van der Waals surface area contributed by atoms with Gasteiger partial charge in [0.2, 0.25) is 0 Å². The molecule has 25 heavy (non-hydrogen) atoms. The number of hydrogen-bond donors (Lipinski definition) is 1. The molecule has 1 fully saturated rings. The third kappa shape index (κ3) is 4.08. The van der Waals surface area contributed by atoms with Gasteiger partial charge >= 0.3 is 6.18 Å². The Kier molecular flexibility index (Phi) is 4.89. The quantitative estimate of drug-likeness (QED) is 0.923. The van der Waals surface area contributed by atoms with Crippen molar-refractivity contribution in [3.63, 3.8) is 0 Å². The number of rotatable bonds is 3. The Morgan fingerprint density at radius 2 is 1.84 bits per heavy atom. The van der Waals surface area contributed by atoms with E-state index >= 15 is 0 Å². The van der Waals surface area contributed by atoms with Crippen LogP contribution in [0.1, 0.15) is 16.1 Å². The zero-order valence-corrected chi connectivity index (χ0v) is 13.2. The number of morpholine rings is 1. The monoisotopic (exact) mass is 351 g/mol. The summed E-state index contributed by atoms with van der Waals surface area (Å²) in [6.45, 7) is 2.70. The number of ether oxygens (including phenoxy) is 1. The Morgan fingerprint density at radius 1 is 1.12 bits per heavy atom. The van der Waals surface area contributed by atoms with Crippen molar-refractivity contribution in [1.82, 2.24) is 4.98 Å². The molecular formula is C17H16F3N3O2. The first-order chi connectivity index (χ1) is 11.9. The van der Waals surface area contributed by atoms with Crippen LogP contribution in [0.4, 0.5) is 24.5 Å². The van der Waals surface area contributed by atoms with E-state index in [1.165, 1.54) is 30.5 Å². The zero-order valence-electron chi connectivity index (χ0n) is 13.2. The molecule has 1 aromatic heterocycles. The number of para-hydroxylation sites is 1. The molecule has 0 bridgehead atoms. The van der Waals surface area contributed by atoms with E-state index in [9.17, 15) is 18.0 Å². The van der Waals surface area contributed by atoms with Gasteiger partial charge in [-0.2, -0.15) is 13.2 Å². The lowest BCUT2D eigenvalue weighted by Crippen LogP contribution is -2.36. The van der Waals surface area contributed by atoms with Gasteiger partial charge < -0.3 is 15.0 Å². The number of nitrogens with zero attached hydrogens (tertiary/aromatic N) is 2. The smallest absolute Gasteiger partial charge is 0.378 e. The van der Waals surface area contributed by atoms with Crippen LogP contribution in [0.25, 0.3) is 0 Å². The van der Waals surface area contributed by atoms with Crippen molar-refractivity contribution in [3.8, 4) is 0 Å². The summed E-state index contributed by atoms with van der Waals surface area (Å²) in [4.78, 5) is 18.3. The van der Waals surface area contributed by atoms with Crippen LogP contribution in [0.3, 0.4) is 0 Å². The number of alkyl halides is 3. The molecule has 0 spiro atoms. The average Bonchev–Trinajstić information content (AvgIpc) is 2.62. The lowest BCUT2D eigenvalue weighted by atomic mass is 10.1. The predicted molar refractivity (Wildman–Crippen MR) is 86.7 cm³/mol. The second-order valence-electron chi connectivity index (χ2n) is 5.50. The molecular weight excluding hydrogens is 335 g/mol. The second kappa shape index (κ2) is 7.10. The Labute approximate surface area is 142 Å². The minimum Gasteiger partial charge on any atom is -0.378 e. The van der Waals surface area contributed by atoms with E-state index in [0.717, 1.165) is 24.8 Å². The third-order valence-corrected chi connectivity index (χ3v) is 3.84. The molecule has 0 saturated carbocycles. The van der Waals surface area contributed by atoms with Gasteiger partial charge in [0, 0.05) is 13.1 Å². The normalized spacial score (nSPS) is 15.1. The van der Waals surface area contributed by atoms with E-state index in [1.807, 2.05) is 0 Å². The summed E-state index contributed by atoms with van der Waals surface area (Å²) < 4.78 is 44.2. The van der Waals surface area contributed by atoms with E-state index in [2.05, 4.69) is 15.2 Å². The topological polar surface area (TPSA) is 54.5 Å². The Bertz CT molecular complexity index is 742. The molecule has 1 aliphatic heterocycles. The molecule has 3 rings (SSSR count). The first kappa shape index (κ1) is 17.2. The third-order valence-electron chi connectivity index (χ3n) is 3.84. The number of carbonyl (C=O) groups excluding carboxylic acids is 1. The van der Waals surface area contributed by atoms with Crippen LogP contribution in [0.2, 0.25) is 0 Å². The molecule has 1 aromatic carbocycles. The van der Waals surface area contributed by atoms with Crippen molar-refractivity contribution in [2.24, 2.45) is 0 Å². The van der Waals surface area contributed by atoms with Gasteiger partial charge in [0.05, 0.1) is 36.3 Å². The van der Waals surface area contributed by atoms with Crippen LogP contribution in [0.15, 0.2) is 42.6 Å². The van der Waals surface area contributed by atoms with Gasteiger partial charge in [-0.05, 0) is 24.3 Å². The number of carbonyl (C=O) groups is 1. The Balaban J connectivity index is 1.74. The van der Waals surface area contributed by atoms with Crippen molar-refractivity contribution in [3.05, 3.63) is 53.9 Å². The first-order valence-corrected chi connectivity index (χ1v) is 7.71. The maximum atomic E-state index is 13.0. The van der Waals surface area contributed by atoms with Crippen LogP contribution in [-0.4, -0.2) is 37.2 Å². The van der Waals surface area contributed by atoms with E-state index in [4.69, 9.17) is 4.74 Å². The fraction of sp³-hybridized carbons (Fsp3) is 0.294. The van der Waals surface area contributed by atoms with E-state index in [-0.39, 0.29) is 11.4 Å². The molecule has 2 heterocycles. The highest BCUT2D eigenvalue weighted by atomic mass is 19.4. The fourth-order valence-corrected chi connectivity index (χ4v) is 2.55. The molecule has 5 nitrogen and oxygen atoms in total. The van der Waals surface area contributed by atoms with Gasteiger partial charge in [-0.1, -0.05) is 12.1 Å². The summed E-state index contributed by atoms with van der Waals surface area (Å²) in [6, 6.07) is 8.06. The van der Waals surface area contributed by atoms with Crippen LogP contribution in [0.5, 0.6) is 0 Å². The predicted octanol–water partition coefficient (Wildman–Crippen LogP) is 3.19. The summed E-state index contributed by atoms with van der Waals surface area (Å²) >= 11 is 0. The highest BCUT2D eigenvalue weighted by Crippen LogP contribution is 2.34. The number of hydrogen-bond acceptors (Lipinski definition) is 4. The van der Waals surface area contributed by atoms with Crippen LogP contribution in [-0.2, 0) is 10.9 Å². The maximum absolute atomic E-state index is 13.0. The highest BCUT2D eigenvalue weighted by molar-refractivity contribution is 6.03. The lowest BCUT2D eigenvalue weighted by molar-refractivity contribution is -0.136. The van der Waals surface area contributed by atoms with Crippen molar-refractivity contribution in [1.29, 1.82) is 0 Å². The highest BCUT2D eigenvalue weighted by Gasteiger charge is 2.33. The Hall–Kier alpha value is -2.61. The number of nitrogens with one attached hydrogen (secondary N) is 1. The molecule has 0 radical (unpaired) electrons. The maximum Gasteiger partial charge on any atom is 0.418 e. The van der Waals surface area contributed by atoms with Gasteiger partial charge in [0.15, 0.2) is 0 Å². The number of halogens is 3. The van der Waals surface area contributed by atoms with Crippen molar-refractivity contribution >= 4 is 17.3 Å². The largest absolute Gasteiger partial charge is 0.418 e. The number of anilines is 2. The molecule has 0 aliphatic carbocycles. The Morgan fingerprint density at radius 3 is 2.48 bits per heavy atom. The minimum atomic E-state index is -4.54. The SMILES string of the molecule is O=C(Nc1ccccc1C(F)(F)F)c1ccc(N2CCOCC2)cn1. The van der Waals surface area contributed by atoms with Gasteiger partial charge in [-0.25, -0.2) is 4.98 Å². The summed E-state index contributed by atoms with van der Waals surface area (Å²) in [6.07, 6.45) is -3.01. The van der Waals surface area contributed by atoms with Gasteiger partial charge in [0.25, 0.3) is 5.91 Å². The van der Waals surface area contributed by atoms with Crippen molar-refractivity contribution < 1.29 is 22.7 Å². The van der Waals surface area contributed by atoms with E-state index < -0.39 is 17.6 Å². The molecule has 1 aliphatic rings. The van der Waals surface area contributed by atoms with Crippen LogP contribution >= 0.6 is 0 Å². The van der Waals surface area contributed by atoms with E-state index in [1.54, 1.807) is 6.07 Å². The average molecular weight is 351 g/mol. The summed E-state index contributed by atoms with van der Waals surface area (Å²) in [7, 11) is 0.